The van der Waals surface area contributed by atoms with E-state index in [0.717, 1.165) is 0 Å². The predicted molar refractivity (Wildman–Crippen MR) is 162 cm³/mol. The minimum Gasteiger partial charge on any atom is -1.00 e. The van der Waals surface area contributed by atoms with Crippen LogP contribution in [0.1, 0.15) is 62.5 Å². The van der Waals surface area contributed by atoms with E-state index in [4.69, 9.17) is 0 Å². The van der Waals surface area contributed by atoms with Gasteiger partial charge in [-0.25, -0.2) is 0 Å². The van der Waals surface area contributed by atoms with Crippen LogP contribution >= 0.6 is 0 Å². The second kappa shape index (κ2) is 18.4. The van der Waals surface area contributed by atoms with Crippen LogP contribution in [0, 0.1) is 0 Å². The number of likely N-dealkylation sites (N-methyl/N-ethyl adjacent to an activating group) is 2. The zero-order chi connectivity index (χ0) is 26.5. The molecule has 0 N–H and O–H groups in total. The molecule has 0 saturated carbocycles. The van der Waals surface area contributed by atoms with Crippen molar-refractivity contribution in [2.24, 2.45) is 0 Å². The van der Waals surface area contributed by atoms with Crippen molar-refractivity contribution in [2.45, 2.75) is 64.5 Å². The summed E-state index contributed by atoms with van der Waals surface area (Å²) >= 11 is 0. The Morgan fingerprint density at radius 2 is 0.775 bits per heavy atom. The summed E-state index contributed by atoms with van der Waals surface area (Å²) in [5, 5.41) is 0. The molecule has 40 heavy (non-hydrogen) atoms. The first-order valence-corrected chi connectivity index (χ1v) is 15.7. The molecule has 2 saturated heterocycles. The first-order valence-electron chi connectivity index (χ1n) is 15.7. The molecule has 0 amide bonds. The van der Waals surface area contributed by atoms with Crippen molar-refractivity contribution in [3.63, 3.8) is 0 Å². The molecule has 2 aromatic carbocycles. The smallest absolute Gasteiger partial charge is 0.104 e. The molecule has 4 nitrogen and oxygen atoms in total. The Balaban J connectivity index is 0.00000280. The summed E-state index contributed by atoms with van der Waals surface area (Å²) in [7, 11) is 4.89. The van der Waals surface area contributed by atoms with Crippen LogP contribution in [-0.2, 0) is 13.1 Å². The minimum atomic E-state index is 0. The van der Waals surface area contributed by atoms with Crippen LogP contribution in [0.2, 0.25) is 0 Å². The number of halogens is 2. The number of unbranched alkanes of at least 4 members (excludes halogenated alkanes) is 7. The summed E-state index contributed by atoms with van der Waals surface area (Å²) in [6, 6.07) is 22.1. The van der Waals surface area contributed by atoms with Gasteiger partial charge in [0.15, 0.2) is 0 Å². The number of hydrogen-bond donors (Lipinski definition) is 0. The average Bonchev–Trinajstić information content (AvgIpc) is 2.93. The highest BCUT2D eigenvalue weighted by atomic mass is 35.5. The molecular formula is C34H56Cl2N4. The van der Waals surface area contributed by atoms with Crippen LogP contribution in [0.4, 0.5) is 0 Å². The van der Waals surface area contributed by atoms with Crippen molar-refractivity contribution >= 4 is 0 Å². The first-order chi connectivity index (χ1) is 18.5. The highest BCUT2D eigenvalue weighted by Gasteiger charge is 2.29. The van der Waals surface area contributed by atoms with Crippen molar-refractivity contribution in [1.82, 2.24) is 9.80 Å². The number of nitrogens with zero attached hydrogens (tertiary/aromatic N) is 4. The number of quaternary nitrogens is 2. The lowest BCUT2D eigenvalue weighted by molar-refractivity contribution is -0.926. The molecule has 2 heterocycles. The lowest BCUT2D eigenvalue weighted by atomic mass is 10.1. The van der Waals surface area contributed by atoms with E-state index in [0.29, 0.717) is 0 Å². The van der Waals surface area contributed by atoms with Crippen molar-refractivity contribution < 1.29 is 33.8 Å². The molecule has 0 aliphatic carbocycles. The topological polar surface area (TPSA) is 6.48 Å². The Bertz CT molecular complexity index is 819. The lowest BCUT2D eigenvalue weighted by Gasteiger charge is -2.42. The van der Waals surface area contributed by atoms with Gasteiger partial charge >= 0.3 is 0 Å². The first kappa shape index (κ1) is 35.1. The normalized spacial score (nSPS) is 18.9. The highest BCUT2D eigenvalue weighted by molar-refractivity contribution is 5.14. The summed E-state index contributed by atoms with van der Waals surface area (Å²) in [6.07, 6.45) is 11.3. The largest absolute Gasteiger partial charge is 1.00 e. The minimum absolute atomic E-state index is 0. The van der Waals surface area contributed by atoms with Gasteiger partial charge in [-0.1, -0.05) is 99.2 Å². The number of piperazine rings is 2. The van der Waals surface area contributed by atoms with Crippen molar-refractivity contribution in [3.05, 3.63) is 71.8 Å². The summed E-state index contributed by atoms with van der Waals surface area (Å²) in [5.41, 5.74) is 2.97. The molecule has 226 valence electrons. The SMILES string of the molecule is C[N+]1(Cc2ccccc2)CCN(CCCCCCCCCCN2CC[N+](C)(Cc3ccccc3)CC2)CC1.[Cl-].[Cl-]. The van der Waals surface area contributed by atoms with Gasteiger partial charge in [-0.05, 0) is 25.9 Å². The maximum atomic E-state index is 2.72. The highest BCUT2D eigenvalue weighted by Crippen LogP contribution is 2.18. The van der Waals surface area contributed by atoms with E-state index in [-0.39, 0.29) is 24.8 Å². The van der Waals surface area contributed by atoms with Gasteiger partial charge in [0.2, 0.25) is 0 Å². The Labute approximate surface area is 258 Å². The van der Waals surface area contributed by atoms with E-state index in [1.54, 1.807) is 0 Å². The molecule has 2 aliphatic heterocycles. The number of benzene rings is 2. The Morgan fingerprint density at radius 1 is 0.475 bits per heavy atom. The van der Waals surface area contributed by atoms with Crippen LogP contribution in [0.25, 0.3) is 0 Å². The van der Waals surface area contributed by atoms with Gasteiger partial charge < -0.3 is 33.8 Å². The molecule has 0 spiro atoms. The predicted octanol–water partition coefficient (Wildman–Crippen LogP) is 0.0400. The van der Waals surface area contributed by atoms with E-state index in [1.807, 2.05) is 0 Å². The van der Waals surface area contributed by atoms with Gasteiger partial charge in [-0.3, -0.25) is 9.80 Å². The molecule has 0 unspecified atom stereocenters. The van der Waals surface area contributed by atoms with Crippen LogP contribution in [0.3, 0.4) is 0 Å². The van der Waals surface area contributed by atoms with Gasteiger partial charge in [-0.2, -0.15) is 0 Å². The summed E-state index contributed by atoms with van der Waals surface area (Å²) in [4.78, 5) is 5.43. The van der Waals surface area contributed by atoms with E-state index in [1.165, 1.54) is 150 Å². The molecule has 2 aliphatic rings. The lowest BCUT2D eigenvalue weighted by Crippen LogP contribution is -3.00. The van der Waals surface area contributed by atoms with E-state index < -0.39 is 0 Å². The monoisotopic (exact) mass is 590 g/mol. The zero-order valence-corrected chi connectivity index (χ0v) is 27.0. The van der Waals surface area contributed by atoms with Crippen LogP contribution < -0.4 is 24.8 Å². The molecule has 0 radical (unpaired) electrons. The average molecular weight is 592 g/mol. The van der Waals surface area contributed by atoms with E-state index in [2.05, 4.69) is 84.6 Å². The van der Waals surface area contributed by atoms with Crippen LogP contribution in [0.15, 0.2) is 60.7 Å². The summed E-state index contributed by atoms with van der Waals surface area (Å²) < 4.78 is 2.40. The van der Waals surface area contributed by atoms with Crippen LogP contribution in [-0.4, -0.2) is 98.3 Å². The fraction of sp³-hybridized carbons (Fsp3) is 0.647. The van der Waals surface area contributed by atoms with Crippen LogP contribution in [0.5, 0.6) is 0 Å². The van der Waals surface area contributed by atoms with Gasteiger partial charge in [0, 0.05) is 37.3 Å². The van der Waals surface area contributed by atoms with E-state index >= 15 is 0 Å². The number of hydrogen-bond acceptors (Lipinski definition) is 2. The molecule has 4 rings (SSSR count). The third-order valence-electron chi connectivity index (χ3n) is 9.34. The van der Waals surface area contributed by atoms with Crippen molar-refractivity contribution in [2.75, 3.05) is 79.5 Å². The molecule has 6 heteroatoms. The third-order valence-corrected chi connectivity index (χ3v) is 9.34. The van der Waals surface area contributed by atoms with Gasteiger partial charge in [0.05, 0.1) is 40.3 Å². The molecular weight excluding hydrogens is 535 g/mol. The van der Waals surface area contributed by atoms with Gasteiger partial charge in [0.25, 0.3) is 0 Å². The Kier molecular flexibility index (Phi) is 16.1. The molecule has 0 atom stereocenters. The van der Waals surface area contributed by atoms with Crippen molar-refractivity contribution in [1.29, 1.82) is 0 Å². The van der Waals surface area contributed by atoms with Crippen molar-refractivity contribution in [3.8, 4) is 0 Å². The second-order valence-corrected chi connectivity index (χ2v) is 12.9. The summed E-state index contributed by atoms with van der Waals surface area (Å²) in [6.45, 7) is 15.2. The molecule has 2 aromatic rings. The van der Waals surface area contributed by atoms with Gasteiger partial charge in [0.1, 0.15) is 13.1 Å². The quantitative estimate of drug-likeness (QED) is 0.213. The molecule has 0 aromatic heterocycles. The fourth-order valence-corrected chi connectivity index (χ4v) is 6.52. The second-order valence-electron chi connectivity index (χ2n) is 12.9. The van der Waals surface area contributed by atoms with E-state index in [9.17, 15) is 0 Å². The zero-order valence-electron chi connectivity index (χ0n) is 25.5. The molecule has 0 bridgehead atoms. The van der Waals surface area contributed by atoms with Gasteiger partial charge in [-0.15, -0.1) is 0 Å². The molecule has 2 fully saturated rings. The maximum Gasteiger partial charge on any atom is 0.104 e. The number of rotatable bonds is 15. The Hall–Kier alpha value is -1.14. The fourth-order valence-electron chi connectivity index (χ4n) is 6.52. The summed E-state index contributed by atoms with van der Waals surface area (Å²) in [5.74, 6) is 0. The third kappa shape index (κ3) is 12.4. The standard InChI is InChI=1S/C34H56N4.2ClH/c1-37(31-33-17-11-9-12-18-33)27-23-35(24-28-37)21-15-7-5-3-4-6-8-16-22-36-25-29-38(2,30-26-36)32-34-19-13-10-14-20-34;;/h9-14,17-20H,3-8,15-16,21-32H2,1-2H3;2*1H/q+2;;/p-2. The maximum absolute atomic E-state index is 2.72. The Morgan fingerprint density at radius 3 is 1.10 bits per heavy atom.